The second-order valence-electron chi connectivity index (χ2n) is 3.06. The zero-order valence-corrected chi connectivity index (χ0v) is 8.12. The van der Waals surface area contributed by atoms with Crippen LogP contribution in [0.5, 0.6) is 0 Å². The predicted molar refractivity (Wildman–Crippen MR) is 55.2 cm³/mol. The Bertz CT molecular complexity index is 189. The number of carbonyl (C=O) groups excluding carboxylic acids is 1. The highest BCUT2D eigenvalue weighted by Gasteiger charge is 2.12. The van der Waals surface area contributed by atoms with Crippen LogP contribution in [-0.4, -0.2) is 18.0 Å². The first-order valence-corrected chi connectivity index (χ1v) is 4.39. The van der Waals surface area contributed by atoms with Gasteiger partial charge in [-0.05, 0) is 19.8 Å². The van der Waals surface area contributed by atoms with Gasteiger partial charge in [0.05, 0.1) is 6.04 Å². The fraction of sp³-hybridized carbons (Fsp3) is 0.500. The van der Waals surface area contributed by atoms with Crippen LogP contribution in [0.3, 0.4) is 0 Å². The molecule has 0 aliphatic rings. The summed E-state index contributed by atoms with van der Waals surface area (Å²) in [7, 11) is 0. The number of hydrogen-bond acceptors (Lipinski definition) is 2. The molecule has 1 amide bonds. The lowest BCUT2D eigenvalue weighted by molar-refractivity contribution is -0.122. The highest BCUT2D eigenvalue weighted by atomic mass is 16.2. The Hall–Kier alpha value is -1.09. The van der Waals surface area contributed by atoms with Crippen molar-refractivity contribution in [2.45, 2.75) is 31.8 Å². The van der Waals surface area contributed by atoms with Gasteiger partial charge in [-0.2, -0.15) is 0 Å². The van der Waals surface area contributed by atoms with Crippen molar-refractivity contribution in [1.29, 1.82) is 0 Å². The summed E-state index contributed by atoms with van der Waals surface area (Å²) in [6.45, 7) is 9.03. The van der Waals surface area contributed by atoms with Gasteiger partial charge in [0.25, 0.3) is 0 Å². The predicted octanol–water partition coefficient (Wildman–Crippen LogP) is 0.971. The van der Waals surface area contributed by atoms with Gasteiger partial charge in [-0.3, -0.25) is 4.79 Å². The van der Waals surface area contributed by atoms with E-state index in [0.717, 1.165) is 6.42 Å². The highest BCUT2D eigenvalue weighted by molar-refractivity contribution is 5.81. The second-order valence-corrected chi connectivity index (χ2v) is 3.06. The summed E-state index contributed by atoms with van der Waals surface area (Å²) >= 11 is 0. The molecule has 0 spiro atoms. The van der Waals surface area contributed by atoms with E-state index in [1.165, 1.54) is 0 Å². The number of nitrogens with one attached hydrogen (secondary N) is 1. The Kier molecular flexibility index (Phi) is 5.89. The Labute approximate surface area is 79.7 Å². The molecule has 0 saturated heterocycles. The number of rotatable bonds is 6. The standard InChI is InChI=1S/C10H18N2O/c1-4-6-8(3)12-10(13)9(11)7-5-2/h4-5,8-9H,1-2,6-7,11H2,3H3,(H,12,13). The summed E-state index contributed by atoms with van der Waals surface area (Å²) in [6, 6.07) is -0.384. The molecule has 74 valence electrons. The fourth-order valence-corrected chi connectivity index (χ4v) is 0.945. The van der Waals surface area contributed by atoms with E-state index in [1.807, 2.05) is 6.92 Å². The van der Waals surface area contributed by atoms with Crippen LogP contribution in [-0.2, 0) is 4.79 Å². The lowest BCUT2D eigenvalue weighted by Crippen LogP contribution is -2.43. The van der Waals surface area contributed by atoms with Gasteiger partial charge in [-0.1, -0.05) is 12.2 Å². The van der Waals surface area contributed by atoms with E-state index in [9.17, 15) is 4.79 Å². The van der Waals surface area contributed by atoms with E-state index >= 15 is 0 Å². The van der Waals surface area contributed by atoms with Crippen LogP contribution in [0.25, 0.3) is 0 Å². The molecule has 0 aromatic rings. The van der Waals surface area contributed by atoms with Crippen LogP contribution in [0, 0.1) is 0 Å². The van der Waals surface area contributed by atoms with Crippen molar-refractivity contribution in [3.8, 4) is 0 Å². The summed E-state index contributed by atoms with van der Waals surface area (Å²) in [5.74, 6) is -0.130. The van der Waals surface area contributed by atoms with Crippen LogP contribution in [0.2, 0.25) is 0 Å². The molecule has 0 saturated carbocycles. The molecule has 0 rings (SSSR count). The normalized spacial score (nSPS) is 14.3. The quantitative estimate of drug-likeness (QED) is 0.601. The van der Waals surface area contributed by atoms with Crippen molar-refractivity contribution in [2.24, 2.45) is 5.73 Å². The molecule has 0 bridgehead atoms. The molecule has 3 nitrogen and oxygen atoms in total. The van der Waals surface area contributed by atoms with E-state index < -0.39 is 6.04 Å². The van der Waals surface area contributed by atoms with Gasteiger partial charge in [0.2, 0.25) is 5.91 Å². The molecule has 0 heterocycles. The van der Waals surface area contributed by atoms with Crippen molar-refractivity contribution >= 4 is 5.91 Å². The maximum absolute atomic E-state index is 11.3. The number of amides is 1. The summed E-state index contributed by atoms with van der Waals surface area (Å²) in [6.07, 6.45) is 4.67. The molecular weight excluding hydrogens is 164 g/mol. The van der Waals surface area contributed by atoms with Crippen molar-refractivity contribution in [3.05, 3.63) is 25.3 Å². The minimum Gasteiger partial charge on any atom is -0.352 e. The average Bonchev–Trinajstić information content (AvgIpc) is 2.05. The van der Waals surface area contributed by atoms with Gasteiger partial charge in [0.1, 0.15) is 0 Å². The maximum atomic E-state index is 11.3. The third-order valence-electron chi connectivity index (χ3n) is 1.67. The molecule has 0 aromatic carbocycles. The Balaban J connectivity index is 3.83. The second kappa shape index (κ2) is 6.43. The molecule has 13 heavy (non-hydrogen) atoms. The lowest BCUT2D eigenvalue weighted by atomic mass is 10.1. The topological polar surface area (TPSA) is 55.1 Å². The van der Waals surface area contributed by atoms with Gasteiger partial charge >= 0.3 is 0 Å². The number of carbonyl (C=O) groups is 1. The monoisotopic (exact) mass is 182 g/mol. The third-order valence-corrected chi connectivity index (χ3v) is 1.67. The van der Waals surface area contributed by atoms with Gasteiger partial charge in [-0.25, -0.2) is 0 Å². The maximum Gasteiger partial charge on any atom is 0.237 e. The zero-order valence-electron chi connectivity index (χ0n) is 8.12. The van der Waals surface area contributed by atoms with Crippen LogP contribution >= 0.6 is 0 Å². The molecule has 3 heteroatoms. The fourth-order valence-electron chi connectivity index (χ4n) is 0.945. The van der Waals surface area contributed by atoms with E-state index in [0.29, 0.717) is 6.42 Å². The first kappa shape index (κ1) is 11.9. The Morgan fingerprint density at radius 3 is 2.46 bits per heavy atom. The Morgan fingerprint density at radius 1 is 1.46 bits per heavy atom. The Morgan fingerprint density at radius 2 is 2.00 bits per heavy atom. The van der Waals surface area contributed by atoms with Crippen LogP contribution in [0.1, 0.15) is 19.8 Å². The van der Waals surface area contributed by atoms with E-state index in [2.05, 4.69) is 18.5 Å². The lowest BCUT2D eigenvalue weighted by Gasteiger charge is -2.14. The molecular formula is C10H18N2O. The van der Waals surface area contributed by atoms with Crippen molar-refractivity contribution in [2.75, 3.05) is 0 Å². The third kappa shape index (κ3) is 5.20. The molecule has 2 unspecified atom stereocenters. The summed E-state index contributed by atoms with van der Waals surface area (Å²) in [5, 5.41) is 2.78. The highest BCUT2D eigenvalue weighted by Crippen LogP contribution is 1.94. The smallest absolute Gasteiger partial charge is 0.237 e. The summed E-state index contributed by atoms with van der Waals surface area (Å²) in [4.78, 5) is 11.3. The molecule has 0 fully saturated rings. The molecule has 0 aliphatic carbocycles. The first-order chi connectivity index (χ1) is 6.11. The molecule has 0 radical (unpaired) electrons. The molecule has 0 aromatic heterocycles. The van der Waals surface area contributed by atoms with Crippen LogP contribution in [0.15, 0.2) is 25.3 Å². The largest absolute Gasteiger partial charge is 0.352 e. The minimum atomic E-state index is -0.482. The van der Waals surface area contributed by atoms with Crippen molar-refractivity contribution in [3.63, 3.8) is 0 Å². The molecule has 2 atom stereocenters. The van der Waals surface area contributed by atoms with E-state index in [-0.39, 0.29) is 11.9 Å². The van der Waals surface area contributed by atoms with Gasteiger partial charge in [0, 0.05) is 6.04 Å². The van der Waals surface area contributed by atoms with Gasteiger partial charge in [0.15, 0.2) is 0 Å². The molecule has 0 aliphatic heterocycles. The zero-order chi connectivity index (χ0) is 10.3. The van der Waals surface area contributed by atoms with Crippen LogP contribution in [0.4, 0.5) is 0 Å². The van der Waals surface area contributed by atoms with Crippen molar-refractivity contribution in [1.82, 2.24) is 5.32 Å². The first-order valence-electron chi connectivity index (χ1n) is 4.39. The van der Waals surface area contributed by atoms with Gasteiger partial charge in [-0.15, -0.1) is 13.2 Å². The minimum absolute atomic E-state index is 0.0980. The summed E-state index contributed by atoms with van der Waals surface area (Å²) < 4.78 is 0. The van der Waals surface area contributed by atoms with Gasteiger partial charge < -0.3 is 11.1 Å². The van der Waals surface area contributed by atoms with Crippen LogP contribution < -0.4 is 11.1 Å². The van der Waals surface area contributed by atoms with E-state index in [1.54, 1.807) is 12.2 Å². The van der Waals surface area contributed by atoms with E-state index in [4.69, 9.17) is 5.73 Å². The summed E-state index contributed by atoms with van der Waals surface area (Å²) in [5.41, 5.74) is 5.56. The molecule has 3 N–H and O–H groups in total. The number of hydrogen-bond donors (Lipinski definition) is 2. The SMILES string of the molecule is C=CCC(C)NC(=O)C(N)CC=C. The average molecular weight is 182 g/mol. The van der Waals surface area contributed by atoms with Crippen molar-refractivity contribution < 1.29 is 4.79 Å². The number of nitrogens with two attached hydrogens (primary N) is 1.